The van der Waals surface area contributed by atoms with Gasteiger partial charge >= 0.3 is 0 Å². The van der Waals surface area contributed by atoms with Crippen LogP contribution in [0.3, 0.4) is 0 Å². The number of fused-ring (bicyclic) bond motifs is 19. The molecule has 0 spiro atoms. The zero-order valence-corrected chi connectivity index (χ0v) is 30.3. The van der Waals surface area contributed by atoms with Crippen molar-refractivity contribution in [3.63, 3.8) is 0 Å². The highest BCUT2D eigenvalue weighted by molar-refractivity contribution is 7.27. The summed E-state index contributed by atoms with van der Waals surface area (Å²) in [4.78, 5) is 10.9. The van der Waals surface area contributed by atoms with Crippen molar-refractivity contribution >= 4 is 114 Å². The summed E-state index contributed by atoms with van der Waals surface area (Å²) in [6.45, 7) is 0. The zero-order valence-electron chi connectivity index (χ0n) is 29.5. The molecule has 0 unspecified atom stereocenters. The second-order valence-corrected chi connectivity index (χ2v) is 15.8. The maximum absolute atomic E-state index is 6.79. The molecular weight excluding hydrogens is 691 g/mol. The minimum absolute atomic E-state index is 0.674. The van der Waals surface area contributed by atoms with Gasteiger partial charge in [0.1, 0.15) is 11.1 Å². The van der Waals surface area contributed by atoms with E-state index in [4.69, 9.17) is 14.4 Å². The summed E-state index contributed by atoms with van der Waals surface area (Å²) in [7, 11) is 0. The molecule has 4 aromatic heterocycles. The summed E-state index contributed by atoms with van der Waals surface area (Å²) in [6.07, 6.45) is 6.75. The Hall–Kier alpha value is -6.82. The van der Waals surface area contributed by atoms with Gasteiger partial charge in [-0.15, -0.1) is 11.3 Å². The molecule has 0 bridgehead atoms. The van der Waals surface area contributed by atoms with Crippen LogP contribution in [0.25, 0.3) is 120 Å². The third kappa shape index (κ3) is 3.95. The first-order valence-electron chi connectivity index (χ1n) is 18.9. The molecule has 0 radical (unpaired) electrons. The fraction of sp³-hybridized carbons (Fsp3) is 0.0400. The van der Waals surface area contributed by atoms with E-state index in [2.05, 4.69) is 144 Å². The summed E-state index contributed by atoms with van der Waals surface area (Å²) in [5.41, 5.74) is 8.26. The molecule has 0 saturated carbocycles. The van der Waals surface area contributed by atoms with Crippen LogP contribution in [-0.4, -0.2) is 14.5 Å². The Balaban J connectivity index is 1.20. The maximum Gasteiger partial charge on any atom is 0.197 e. The highest BCUT2D eigenvalue weighted by atomic mass is 32.1. The molecule has 12 aromatic rings. The standard InChI is InChI=1S/C50H29N3OS/c1-2-15-31-29(13-1)30-14-3-4-16-32(30)39-27-28(25-26-33(31)39)49-51-45-37-20-8-11-23-41(37)54-47(45)50(52-49)53-40-22-10-7-19-36(40)43-34-17-5-6-18-35(34)44-38-21-9-12-24-42(38)55-48(44)46(43)53/h2-12,14-27H,1,13H2. The van der Waals surface area contributed by atoms with E-state index in [1.165, 1.54) is 74.4 Å². The normalized spacial score (nSPS) is 13.2. The molecule has 4 nitrogen and oxygen atoms in total. The van der Waals surface area contributed by atoms with Crippen LogP contribution in [0.15, 0.2) is 150 Å². The van der Waals surface area contributed by atoms with Gasteiger partial charge in [-0.05, 0) is 86.6 Å². The van der Waals surface area contributed by atoms with E-state index in [-0.39, 0.29) is 0 Å². The highest BCUT2D eigenvalue weighted by Gasteiger charge is 2.26. The third-order valence-electron chi connectivity index (χ3n) is 11.8. The first-order valence-corrected chi connectivity index (χ1v) is 19.7. The molecule has 256 valence electrons. The minimum Gasteiger partial charge on any atom is -0.450 e. The molecule has 1 aliphatic carbocycles. The van der Waals surface area contributed by atoms with E-state index in [0.29, 0.717) is 11.4 Å². The van der Waals surface area contributed by atoms with Gasteiger partial charge in [-0.3, -0.25) is 4.57 Å². The first kappa shape index (κ1) is 29.6. The molecule has 4 heterocycles. The van der Waals surface area contributed by atoms with E-state index < -0.39 is 0 Å². The Kier molecular flexibility index (Phi) is 5.86. The number of nitrogens with zero attached hydrogens (tertiary/aromatic N) is 3. The van der Waals surface area contributed by atoms with Crippen molar-refractivity contribution < 1.29 is 4.42 Å². The van der Waals surface area contributed by atoms with Gasteiger partial charge in [-0.2, -0.15) is 0 Å². The fourth-order valence-corrected chi connectivity index (χ4v) is 10.8. The molecule has 0 saturated heterocycles. The molecule has 5 heteroatoms. The van der Waals surface area contributed by atoms with Gasteiger partial charge in [0.25, 0.3) is 0 Å². The summed E-state index contributed by atoms with van der Waals surface area (Å²) in [6, 6.07) is 50.3. The molecule has 0 fully saturated rings. The molecular formula is C50H29N3OS. The summed E-state index contributed by atoms with van der Waals surface area (Å²) in [5.74, 6) is 1.42. The van der Waals surface area contributed by atoms with Gasteiger partial charge in [0.2, 0.25) is 0 Å². The number of thiophene rings is 1. The van der Waals surface area contributed by atoms with Gasteiger partial charge in [0.05, 0.1) is 15.7 Å². The lowest BCUT2D eigenvalue weighted by atomic mass is 9.86. The lowest BCUT2D eigenvalue weighted by molar-refractivity contribution is 0.662. The molecule has 8 aromatic carbocycles. The lowest BCUT2D eigenvalue weighted by Gasteiger charge is -2.18. The van der Waals surface area contributed by atoms with Crippen LogP contribution in [0, 0.1) is 0 Å². The Bertz CT molecular complexity index is 3680. The first-order chi connectivity index (χ1) is 27.3. The van der Waals surface area contributed by atoms with E-state index in [1.807, 2.05) is 23.5 Å². The van der Waals surface area contributed by atoms with Crippen LogP contribution in [0.4, 0.5) is 0 Å². The average Bonchev–Trinajstić information content (AvgIpc) is 3.94. The van der Waals surface area contributed by atoms with Crippen molar-refractivity contribution in [3.8, 4) is 17.2 Å². The number of benzene rings is 8. The highest BCUT2D eigenvalue weighted by Crippen LogP contribution is 2.49. The second-order valence-electron chi connectivity index (χ2n) is 14.7. The number of para-hydroxylation sites is 2. The third-order valence-corrected chi connectivity index (χ3v) is 13.0. The maximum atomic E-state index is 6.79. The Morgan fingerprint density at radius 2 is 1.29 bits per heavy atom. The number of hydrogen-bond acceptors (Lipinski definition) is 4. The smallest absolute Gasteiger partial charge is 0.197 e. The quantitative estimate of drug-likeness (QED) is 0.167. The minimum atomic E-state index is 0.674. The molecule has 0 atom stereocenters. The van der Waals surface area contributed by atoms with Crippen molar-refractivity contribution in [2.24, 2.45) is 0 Å². The second kappa shape index (κ2) is 10.9. The van der Waals surface area contributed by atoms with Gasteiger partial charge in [0.15, 0.2) is 17.2 Å². The van der Waals surface area contributed by atoms with E-state index in [0.717, 1.165) is 51.7 Å². The summed E-state index contributed by atoms with van der Waals surface area (Å²) in [5, 5.41) is 13.5. The Morgan fingerprint density at radius 1 is 0.582 bits per heavy atom. The molecule has 0 amide bonds. The molecule has 1 aliphatic rings. The van der Waals surface area contributed by atoms with Crippen LogP contribution in [-0.2, 0) is 6.42 Å². The monoisotopic (exact) mass is 719 g/mol. The van der Waals surface area contributed by atoms with E-state index in [9.17, 15) is 0 Å². The van der Waals surface area contributed by atoms with Crippen molar-refractivity contribution in [1.82, 2.24) is 14.5 Å². The van der Waals surface area contributed by atoms with E-state index in [1.54, 1.807) is 0 Å². The van der Waals surface area contributed by atoms with Crippen LogP contribution in [0.2, 0.25) is 0 Å². The predicted molar refractivity (Wildman–Crippen MR) is 232 cm³/mol. The van der Waals surface area contributed by atoms with Gasteiger partial charge in [-0.1, -0.05) is 121 Å². The SMILES string of the molecule is C1=Cc2c(c3ccccc3c3cc(-c4nc(-n5c6ccccc6c6c7ccccc7c7c8ccccc8sc7c65)c5oc6ccccc6c5n4)ccc23)CC1. The fourth-order valence-electron chi connectivity index (χ4n) is 9.52. The number of rotatable bonds is 2. The zero-order chi connectivity index (χ0) is 35.8. The molecule has 55 heavy (non-hydrogen) atoms. The van der Waals surface area contributed by atoms with Crippen LogP contribution >= 0.6 is 11.3 Å². The summed E-state index contributed by atoms with van der Waals surface area (Å²) >= 11 is 1.85. The van der Waals surface area contributed by atoms with Crippen LogP contribution in [0.1, 0.15) is 17.5 Å². The van der Waals surface area contributed by atoms with Crippen LogP contribution in [0.5, 0.6) is 0 Å². The Labute approximate surface area is 318 Å². The number of hydrogen-bond donors (Lipinski definition) is 0. The van der Waals surface area contributed by atoms with Gasteiger partial charge in [-0.25, -0.2) is 9.97 Å². The topological polar surface area (TPSA) is 43.9 Å². The lowest BCUT2D eigenvalue weighted by Crippen LogP contribution is -2.02. The average molecular weight is 720 g/mol. The summed E-state index contributed by atoms with van der Waals surface area (Å²) < 4.78 is 11.7. The molecule has 13 rings (SSSR count). The van der Waals surface area contributed by atoms with E-state index >= 15 is 0 Å². The van der Waals surface area contributed by atoms with Gasteiger partial charge in [0, 0.05) is 37.2 Å². The van der Waals surface area contributed by atoms with Crippen molar-refractivity contribution in [3.05, 3.63) is 157 Å². The molecule has 0 N–H and O–H groups in total. The number of aryl methyl sites for hydroxylation is 1. The number of aromatic nitrogens is 3. The number of allylic oxidation sites excluding steroid dienone is 1. The molecule has 0 aliphatic heterocycles. The Morgan fingerprint density at radius 3 is 2.16 bits per heavy atom. The van der Waals surface area contributed by atoms with Gasteiger partial charge < -0.3 is 4.42 Å². The number of furan rings is 1. The van der Waals surface area contributed by atoms with Crippen LogP contribution < -0.4 is 0 Å². The van der Waals surface area contributed by atoms with Crippen molar-refractivity contribution in [2.45, 2.75) is 12.8 Å². The largest absolute Gasteiger partial charge is 0.450 e. The predicted octanol–water partition coefficient (Wildman–Crippen LogP) is 13.9. The van der Waals surface area contributed by atoms with Crippen molar-refractivity contribution in [1.29, 1.82) is 0 Å². The van der Waals surface area contributed by atoms with Crippen molar-refractivity contribution in [2.75, 3.05) is 0 Å².